The minimum Gasteiger partial charge on any atom is -0.362 e. The van der Waals surface area contributed by atoms with Gasteiger partial charge in [-0.15, -0.1) is 0 Å². The third-order valence-electron chi connectivity index (χ3n) is 5.88. The molecule has 0 aromatic heterocycles. The normalized spacial score (nSPS) is 15.7. The molecule has 2 N–H and O–H groups in total. The van der Waals surface area contributed by atoms with Crippen molar-refractivity contribution >= 4 is 34.8 Å². The Hall–Kier alpha value is -3.35. The SMILES string of the molecule is CC(C)NC(=O)c1cccc2c1CCCN2CC(=O)Nc1ccc(N2CCCC2=O)cc1. The second kappa shape index (κ2) is 9.42. The highest BCUT2D eigenvalue weighted by Gasteiger charge is 2.24. The maximum absolute atomic E-state index is 12.8. The fraction of sp³-hybridized carbons (Fsp3) is 0.400. The third kappa shape index (κ3) is 4.77. The summed E-state index contributed by atoms with van der Waals surface area (Å²) in [4.78, 5) is 41.1. The van der Waals surface area contributed by atoms with E-state index in [4.69, 9.17) is 0 Å². The van der Waals surface area contributed by atoms with E-state index in [1.807, 2.05) is 61.2 Å². The van der Waals surface area contributed by atoms with E-state index in [1.165, 1.54) is 0 Å². The molecule has 3 amide bonds. The molecule has 4 rings (SSSR count). The van der Waals surface area contributed by atoms with E-state index in [-0.39, 0.29) is 30.3 Å². The van der Waals surface area contributed by atoms with Gasteiger partial charge in [-0.05, 0) is 75.1 Å². The molecule has 2 aliphatic heterocycles. The predicted molar refractivity (Wildman–Crippen MR) is 126 cm³/mol. The van der Waals surface area contributed by atoms with Gasteiger partial charge in [-0.25, -0.2) is 0 Å². The first-order valence-corrected chi connectivity index (χ1v) is 11.3. The number of carbonyl (C=O) groups is 3. The van der Waals surface area contributed by atoms with Crippen LogP contribution in [-0.2, 0) is 16.0 Å². The van der Waals surface area contributed by atoms with E-state index in [0.29, 0.717) is 17.7 Å². The Kier molecular flexibility index (Phi) is 6.44. The summed E-state index contributed by atoms with van der Waals surface area (Å²) in [7, 11) is 0. The van der Waals surface area contributed by atoms with Gasteiger partial charge in [-0.2, -0.15) is 0 Å². The van der Waals surface area contributed by atoms with Crippen molar-refractivity contribution in [2.45, 2.75) is 45.6 Å². The van der Waals surface area contributed by atoms with E-state index >= 15 is 0 Å². The van der Waals surface area contributed by atoms with Crippen LogP contribution in [-0.4, -0.2) is 43.4 Å². The molecular formula is C25H30N4O3. The minimum atomic E-state index is -0.111. The molecule has 7 heteroatoms. The molecule has 168 valence electrons. The average Bonchev–Trinajstić information content (AvgIpc) is 3.19. The second-order valence-corrected chi connectivity index (χ2v) is 8.70. The standard InChI is InChI=1S/C25H30N4O3/c1-17(2)26-25(32)21-6-3-8-22-20(21)7-4-14-28(22)16-23(30)27-18-10-12-19(13-11-18)29-15-5-9-24(29)31/h3,6,8,10-13,17H,4-5,7,9,14-16H2,1-2H3,(H,26,32)(H,27,30). The summed E-state index contributed by atoms with van der Waals surface area (Å²) in [6.07, 6.45) is 3.20. The Morgan fingerprint density at radius 3 is 2.44 bits per heavy atom. The highest BCUT2D eigenvalue weighted by atomic mass is 16.2. The van der Waals surface area contributed by atoms with Crippen molar-refractivity contribution in [2.75, 3.05) is 34.8 Å². The van der Waals surface area contributed by atoms with Crippen LogP contribution in [0.4, 0.5) is 17.1 Å². The molecule has 0 saturated carbocycles. The summed E-state index contributed by atoms with van der Waals surface area (Å²) in [5, 5.41) is 5.91. The van der Waals surface area contributed by atoms with Crippen LogP contribution in [0.3, 0.4) is 0 Å². The van der Waals surface area contributed by atoms with Crippen LogP contribution in [0.15, 0.2) is 42.5 Å². The van der Waals surface area contributed by atoms with E-state index in [2.05, 4.69) is 10.6 Å². The van der Waals surface area contributed by atoms with Crippen molar-refractivity contribution in [3.63, 3.8) is 0 Å². The fourth-order valence-corrected chi connectivity index (χ4v) is 4.44. The molecule has 0 aliphatic carbocycles. The van der Waals surface area contributed by atoms with Gasteiger partial charge in [0.05, 0.1) is 6.54 Å². The lowest BCUT2D eigenvalue weighted by Crippen LogP contribution is -2.38. The lowest BCUT2D eigenvalue weighted by molar-refractivity contribution is -0.117. The van der Waals surface area contributed by atoms with Gasteiger partial charge in [-0.1, -0.05) is 6.07 Å². The first-order chi connectivity index (χ1) is 15.4. The summed E-state index contributed by atoms with van der Waals surface area (Å²) < 4.78 is 0. The zero-order chi connectivity index (χ0) is 22.7. The molecule has 32 heavy (non-hydrogen) atoms. The summed E-state index contributed by atoms with van der Waals surface area (Å²) in [6.45, 7) is 5.62. The highest BCUT2D eigenvalue weighted by molar-refractivity contribution is 5.99. The Bertz CT molecular complexity index is 1020. The first-order valence-electron chi connectivity index (χ1n) is 11.3. The largest absolute Gasteiger partial charge is 0.362 e. The number of amides is 3. The molecule has 2 aromatic rings. The lowest BCUT2D eigenvalue weighted by atomic mass is 9.95. The van der Waals surface area contributed by atoms with E-state index in [9.17, 15) is 14.4 Å². The van der Waals surface area contributed by atoms with Crippen molar-refractivity contribution in [2.24, 2.45) is 0 Å². The van der Waals surface area contributed by atoms with E-state index in [0.717, 1.165) is 49.3 Å². The predicted octanol–water partition coefficient (Wildman–Crippen LogP) is 3.34. The molecule has 2 heterocycles. The summed E-state index contributed by atoms with van der Waals surface area (Å²) in [6, 6.07) is 13.2. The Morgan fingerprint density at radius 2 is 1.75 bits per heavy atom. The van der Waals surface area contributed by atoms with Crippen molar-refractivity contribution in [3.05, 3.63) is 53.6 Å². The number of rotatable bonds is 6. The zero-order valence-corrected chi connectivity index (χ0v) is 18.7. The first kappa shape index (κ1) is 21.9. The molecule has 1 saturated heterocycles. The minimum absolute atomic E-state index is 0.0683. The van der Waals surface area contributed by atoms with Crippen molar-refractivity contribution in [1.29, 1.82) is 0 Å². The second-order valence-electron chi connectivity index (χ2n) is 8.70. The number of benzene rings is 2. The van der Waals surface area contributed by atoms with Gasteiger partial charge in [0.25, 0.3) is 5.91 Å². The van der Waals surface area contributed by atoms with Gasteiger partial charge < -0.3 is 20.4 Å². The Morgan fingerprint density at radius 1 is 1.00 bits per heavy atom. The van der Waals surface area contributed by atoms with E-state index < -0.39 is 0 Å². The molecule has 0 atom stereocenters. The molecule has 2 aliphatic rings. The monoisotopic (exact) mass is 434 g/mol. The topological polar surface area (TPSA) is 81.8 Å². The van der Waals surface area contributed by atoms with Crippen molar-refractivity contribution < 1.29 is 14.4 Å². The van der Waals surface area contributed by atoms with Crippen LogP contribution in [0, 0.1) is 0 Å². The van der Waals surface area contributed by atoms with Crippen LogP contribution in [0.2, 0.25) is 0 Å². The van der Waals surface area contributed by atoms with Crippen LogP contribution in [0.5, 0.6) is 0 Å². The van der Waals surface area contributed by atoms with Gasteiger partial charge in [0.2, 0.25) is 11.8 Å². The number of hydrogen-bond donors (Lipinski definition) is 2. The Balaban J connectivity index is 1.42. The number of hydrogen-bond acceptors (Lipinski definition) is 4. The Labute approximate surface area is 188 Å². The molecule has 1 fully saturated rings. The number of nitrogens with one attached hydrogen (secondary N) is 2. The number of anilines is 3. The van der Waals surface area contributed by atoms with Crippen LogP contribution in [0.1, 0.15) is 49.0 Å². The van der Waals surface area contributed by atoms with E-state index in [1.54, 1.807) is 4.90 Å². The van der Waals surface area contributed by atoms with Crippen LogP contribution in [0.25, 0.3) is 0 Å². The van der Waals surface area contributed by atoms with Crippen LogP contribution >= 0.6 is 0 Å². The molecule has 0 unspecified atom stereocenters. The average molecular weight is 435 g/mol. The summed E-state index contributed by atoms with van der Waals surface area (Å²) in [5.41, 5.74) is 4.21. The van der Waals surface area contributed by atoms with Crippen molar-refractivity contribution in [1.82, 2.24) is 5.32 Å². The number of fused-ring (bicyclic) bond motifs is 1. The molecule has 2 aromatic carbocycles. The maximum Gasteiger partial charge on any atom is 0.251 e. The zero-order valence-electron chi connectivity index (χ0n) is 18.7. The quantitative estimate of drug-likeness (QED) is 0.731. The molecule has 0 radical (unpaired) electrons. The van der Waals surface area contributed by atoms with Crippen LogP contribution < -0.4 is 20.4 Å². The molecular weight excluding hydrogens is 404 g/mol. The maximum atomic E-state index is 12.8. The van der Waals surface area contributed by atoms with Gasteiger partial charge in [0.15, 0.2) is 0 Å². The smallest absolute Gasteiger partial charge is 0.251 e. The van der Waals surface area contributed by atoms with Crippen molar-refractivity contribution in [3.8, 4) is 0 Å². The van der Waals surface area contributed by atoms with Gasteiger partial charge in [0.1, 0.15) is 0 Å². The number of nitrogens with zero attached hydrogens (tertiary/aromatic N) is 2. The molecule has 7 nitrogen and oxygen atoms in total. The number of carbonyl (C=O) groups excluding carboxylic acids is 3. The molecule has 0 bridgehead atoms. The summed E-state index contributed by atoms with van der Waals surface area (Å²) in [5.74, 6) is -0.0356. The molecule has 0 spiro atoms. The lowest BCUT2D eigenvalue weighted by Gasteiger charge is -2.32. The van der Waals surface area contributed by atoms with Gasteiger partial charge >= 0.3 is 0 Å². The fourth-order valence-electron chi connectivity index (χ4n) is 4.44. The highest BCUT2D eigenvalue weighted by Crippen LogP contribution is 2.30. The third-order valence-corrected chi connectivity index (χ3v) is 5.88. The van der Waals surface area contributed by atoms with Gasteiger partial charge in [0, 0.05) is 48.2 Å². The summed E-state index contributed by atoms with van der Waals surface area (Å²) >= 11 is 0. The van der Waals surface area contributed by atoms with Gasteiger partial charge in [-0.3, -0.25) is 14.4 Å².